The van der Waals surface area contributed by atoms with Crippen LogP contribution in [0.5, 0.6) is 0 Å². The highest BCUT2D eigenvalue weighted by Gasteiger charge is 2.15. The average molecular weight is 243 g/mol. The number of aromatic nitrogens is 3. The van der Waals surface area contributed by atoms with E-state index in [-0.39, 0.29) is 0 Å². The SMILES string of the molecule is Cc1ccnc(-c2nc(=S)c3c([nH]2)CCC3)c1. The number of pyridine rings is 1. The summed E-state index contributed by atoms with van der Waals surface area (Å²) in [5.41, 5.74) is 4.50. The first-order valence-corrected chi connectivity index (χ1v) is 6.20. The number of aryl methyl sites for hydroxylation is 2. The molecule has 0 saturated carbocycles. The Morgan fingerprint density at radius 2 is 2.24 bits per heavy atom. The van der Waals surface area contributed by atoms with Gasteiger partial charge in [0.2, 0.25) is 0 Å². The number of aromatic amines is 1. The van der Waals surface area contributed by atoms with Crippen molar-refractivity contribution in [1.29, 1.82) is 0 Å². The van der Waals surface area contributed by atoms with E-state index in [9.17, 15) is 0 Å². The van der Waals surface area contributed by atoms with Crippen molar-refractivity contribution in [2.24, 2.45) is 0 Å². The number of fused-ring (bicyclic) bond motifs is 1. The maximum atomic E-state index is 5.34. The van der Waals surface area contributed by atoms with Gasteiger partial charge in [-0.25, -0.2) is 4.98 Å². The quantitative estimate of drug-likeness (QED) is 0.783. The van der Waals surface area contributed by atoms with Crippen LogP contribution in [0.4, 0.5) is 0 Å². The van der Waals surface area contributed by atoms with Gasteiger partial charge >= 0.3 is 0 Å². The zero-order valence-electron chi connectivity index (χ0n) is 9.66. The molecule has 1 N–H and O–H groups in total. The Balaban J connectivity index is 2.16. The van der Waals surface area contributed by atoms with E-state index in [1.165, 1.54) is 23.2 Å². The lowest BCUT2D eigenvalue weighted by molar-refractivity contribution is 0.899. The van der Waals surface area contributed by atoms with E-state index in [4.69, 9.17) is 12.2 Å². The molecule has 0 atom stereocenters. The highest BCUT2D eigenvalue weighted by atomic mass is 32.1. The van der Waals surface area contributed by atoms with Gasteiger partial charge in [0.15, 0.2) is 5.82 Å². The Morgan fingerprint density at radius 1 is 1.35 bits per heavy atom. The largest absolute Gasteiger partial charge is 0.342 e. The monoisotopic (exact) mass is 243 g/mol. The smallest absolute Gasteiger partial charge is 0.157 e. The second-order valence-electron chi connectivity index (χ2n) is 4.42. The van der Waals surface area contributed by atoms with Crippen LogP contribution in [0, 0.1) is 11.6 Å². The highest BCUT2D eigenvalue weighted by Crippen LogP contribution is 2.23. The van der Waals surface area contributed by atoms with Crippen molar-refractivity contribution >= 4 is 12.2 Å². The predicted octanol–water partition coefficient (Wildman–Crippen LogP) is 3.00. The van der Waals surface area contributed by atoms with Gasteiger partial charge in [-0.2, -0.15) is 0 Å². The minimum atomic E-state index is 0.731. The molecule has 4 heteroatoms. The summed E-state index contributed by atoms with van der Waals surface area (Å²) in [5.74, 6) is 0.791. The summed E-state index contributed by atoms with van der Waals surface area (Å²) >= 11 is 5.34. The molecule has 2 aromatic heterocycles. The van der Waals surface area contributed by atoms with Crippen molar-refractivity contribution in [3.8, 4) is 11.5 Å². The molecule has 3 nitrogen and oxygen atoms in total. The second kappa shape index (κ2) is 4.04. The fourth-order valence-electron chi connectivity index (χ4n) is 2.24. The predicted molar refractivity (Wildman–Crippen MR) is 69.4 cm³/mol. The van der Waals surface area contributed by atoms with E-state index in [1.807, 2.05) is 19.1 Å². The number of H-pyrrole nitrogens is 1. The molecule has 0 unspecified atom stereocenters. The Morgan fingerprint density at radius 3 is 3.06 bits per heavy atom. The van der Waals surface area contributed by atoms with Crippen LogP contribution in [0.3, 0.4) is 0 Å². The van der Waals surface area contributed by atoms with Crippen molar-refractivity contribution in [3.63, 3.8) is 0 Å². The lowest BCUT2D eigenvalue weighted by atomic mass is 10.2. The molecule has 17 heavy (non-hydrogen) atoms. The molecule has 1 aliphatic carbocycles. The van der Waals surface area contributed by atoms with Gasteiger partial charge in [0, 0.05) is 17.5 Å². The number of nitrogens with zero attached hydrogens (tertiary/aromatic N) is 2. The van der Waals surface area contributed by atoms with E-state index in [1.54, 1.807) is 6.20 Å². The summed E-state index contributed by atoms with van der Waals surface area (Å²) in [5, 5.41) is 0. The molecule has 0 bridgehead atoms. The van der Waals surface area contributed by atoms with Gasteiger partial charge in [-0.05, 0) is 43.9 Å². The second-order valence-corrected chi connectivity index (χ2v) is 4.81. The van der Waals surface area contributed by atoms with Crippen LogP contribution in [0.15, 0.2) is 18.3 Å². The van der Waals surface area contributed by atoms with E-state index < -0.39 is 0 Å². The number of hydrogen-bond acceptors (Lipinski definition) is 3. The minimum Gasteiger partial charge on any atom is -0.342 e. The van der Waals surface area contributed by atoms with Crippen molar-refractivity contribution in [2.75, 3.05) is 0 Å². The van der Waals surface area contributed by atoms with Gasteiger partial charge < -0.3 is 4.98 Å². The molecule has 0 amide bonds. The van der Waals surface area contributed by atoms with Crippen molar-refractivity contribution in [1.82, 2.24) is 15.0 Å². The molecule has 2 aromatic rings. The van der Waals surface area contributed by atoms with Crippen molar-refractivity contribution in [2.45, 2.75) is 26.2 Å². The first-order chi connectivity index (χ1) is 8.24. The fraction of sp³-hybridized carbons (Fsp3) is 0.308. The van der Waals surface area contributed by atoms with E-state index in [2.05, 4.69) is 15.0 Å². The van der Waals surface area contributed by atoms with E-state index in [0.717, 1.165) is 29.0 Å². The van der Waals surface area contributed by atoms with E-state index in [0.29, 0.717) is 0 Å². The van der Waals surface area contributed by atoms with Gasteiger partial charge in [0.05, 0.1) is 0 Å². The molecular weight excluding hydrogens is 230 g/mol. The number of hydrogen-bond donors (Lipinski definition) is 1. The molecule has 0 radical (unpaired) electrons. The van der Waals surface area contributed by atoms with Gasteiger partial charge in [-0.15, -0.1) is 0 Å². The molecule has 0 fully saturated rings. The Labute approximate surface area is 105 Å². The van der Waals surface area contributed by atoms with Gasteiger partial charge in [0.25, 0.3) is 0 Å². The van der Waals surface area contributed by atoms with Crippen LogP contribution in [0.1, 0.15) is 23.2 Å². The summed E-state index contributed by atoms with van der Waals surface area (Å²) in [6.45, 7) is 2.05. The van der Waals surface area contributed by atoms with Crippen LogP contribution in [-0.4, -0.2) is 15.0 Å². The summed E-state index contributed by atoms with van der Waals surface area (Å²) in [6, 6.07) is 4.00. The van der Waals surface area contributed by atoms with Crippen molar-refractivity contribution < 1.29 is 0 Å². The maximum absolute atomic E-state index is 5.34. The molecule has 3 rings (SSSR count). The molecule has 0 spiro atoms. The van der Waals surface area contributed by atoms with E-state index >= 15 is 0 Å². The lowest BCUT2D eigenvalue weighted by Gasteiger charge is -2.05. The Hall–Kier alpha value is -1.55. The molecule has 0 aromatic carbocycles. The lowest BCUT2D eigenvalue weighted by Crippen LogP contribution is -1.98. The fourth-order valence-corrected chi connectivity index (χ4v) is 2.56. The van der Waals surface area contributed by atoms with Crippen LogP contribution >= 0.6 is 12.2 Å². The standard InChI is InChI=1S/C13H13N3S/c1-8-5-6-14-11(7-8)12-15-10-4-2-3-9(10)13(17)16-12/h5-7H,2-4H2,1H3,(H,15,16,17). The van der Waals surface area contributed by atoms with Gasteiger partial charge in [0.1, 0.15) is 10.3 Å². The third kappa shape index (κ3) is 1.89. The normalized spacial score (nSPS) is 13.7. The zero-order valence-corrected chi connectivity index (χ0v) is 10.5. The highest BCUT2D eigenvalue weighted by molar-refractivity contribution is 7.71. The zero-order chi connectivity index (χ0) is 11.8. The third-order valence-corrected chi connectivity index (χ3v) is 3.45. The molecule has 0 aliphatic heterocycles. The summed E-state index contributed by atoms with van der Waals surface area (Å²) < 4.78 is 0.731. The Kier molecular flexibility index (Phi) is 2.52. The summed E-state index contributed by atoms with van der Waals surface area (Å²) in [7, 11) is 0. The summed E-state index contributed by atoms with van der Waals surface area (Å²) in [6.07, 6.45) is 5.10. The molecule has 2 heterocycles. The van der Waals surface area contributed by atoms with Crippen LogP contribution in [0.2, 0.25) is 0 Å². The molecule has 1 aliphatic rings. The maximum Gasteiger partial charge on any atom is 0.157 e. The molecule has 86 valence electrons. The molecule has 0 saturated heterocycles. The van der Waals surface area contributed by atoms with Crippen LogP contribution < -0.4 is 0 Å². The van der Waals surface area contributed by atoms with Crippen LogP contribution in [0.25, 0.3) is 11.5 Å². The van der Waals surface area contributed by atoms with Gasteiger partial charge in [-0.1, -0.05) is 12.2 Å². The van der Waals surface area contributed by atoms with Crippen molar-refractivity contribution in [3.05, 3.63) is 39.8 Å². The molecular formula is C13H13N3S. The number of rotatable bonds is 1. The topological polar surface area (TPSA) is 41.6 Å². The first-order valence-electron chi connectivity index (χ1n) is 5.79. The van der Waals surface area contributed by atoms with Crippen LogP contribution in [-0.2, 0) is 12.8 Å². The number of nitrogens with one attached hydrogen (secondary N) is 1. The first kappa shape index (κ1) is 10.6. The third-order valence-electron chi connectivity index (χ3n) is 3.12. The average Bonchev–Trinajstić information content (AvgIpc) is 2.77. The summed E-state index contributed by atoms with van der Waals surface area (Å²) in [4.78, 5) is 12.2. The van der Waals surface area contributed by atoms with Gasteiger partial charge in [-0.3, -0.25) is 4.98 Å². The Bertz CT molecular complexity index is 631. The minimum absolute atomic E-state index is 0.731.